The summed E-state index contributed by atoms with van der Waals surface area (Å²) in [6, 6.07) is 8.86. The second-order valence-electron chi connectivity index (χ2n) is 4.52. The van der Waals surface area contributed by atoms with Gasteiger partial charge in [0.2, 0.25) is 0 Å². The van der Waals surface area contributed by atoms with Crippen molar-refractivity contribution in [3.8, 4) is 0 Å². The smallest absolute Gasteiger partial charge is 0.130 e. The van der Waals surface area contributed by atoms with Crippen LogP contribution in [-0.4, -0.2) is 0 Å². The molecule has 0 aliphatic heterocycles. The molecular weight excluding hydrogens is 268 g/mol. The van der Waals surface area contributed by atoms with Gasteiger partial charge in [-0.1, -0.05) is 35.9 Å². The van der Waals surface area contributed by atoms with E-state index in [0.717, 1.165) is 0 Å². The first-order valence-corrected chi connectivity index (χ1v) is 6.31. The Morgan fingerprint density at radius 1 is 1.21 bits per heavy atom. The first-order chi connectivity index (χ1) is 8.99. The molecule has 0 saturated carbocycles. The minimum atomic E-state index is -0.587. The monoisotopic (exact) mass is 281 g/mol. The molecule has 1 unspecified atom stereocenters. The lowest BCUT2D eigenvalue weighted by molar-refractivity contribution is 0.559. The van der Waals surface area contributed by atoms with Gasteiger partial charge in [-0.2, -0.15) is 0 Å². The highest BCUT2D eigenvalue weighted by Crippen LogP contribution is 2.23. The Bertz CT molecular complexity index is 599. The lowest BCUT2D eigenvalue weighted by atomic mass is 9.97. The van der Waals surface area contributed by atoms with E-state index in [0.29, 0.717) is 21.7 Å². The van der Waals surface area contributed by atoms with Gasteiger partial charge < -0.3 is 5.73 Å². The summed E-state index contributed by atoms with van der Waals surface area (Å²) in [4.78, 5) is 0. The Morgan fingerprint density at radius 2 is 1.95 bits per heavy atom. The first kappa shape index (κ1) is 14.0. The first-order valence-electron chi connectivity index (χ1n) is 5.93. The summed E-state index contributed by atoms with van der Waals surface area (Å²) < 4.78 is 27.6. The highest BCUT2D eigenvalue weighted by atomic mass is 35.5. The van der Waals surface area contributed by atoms with Gasteiger partial charge in [-0.15, -0.1) is 0 Å². The zero-order valence-corrected chi connectivity index (χ0v) is 11.2. The Hall–Kier alpha value is -1.45. The number of hydrogen-bond acceptors (Lipinski definition) is 1. The number of rotatable bonds is 3. The summed E-state index contributed by atoms with van der Waals surface area (Å²) in [6.07, 6.45) is 0.226. The molecule has 0 amide bonds. The zero-order chi connectivity index (χ0) is 14.0. The van der Waals surface area contributed by atoms with Crippen molar-refractivity contribution in [1.82, 2.24) is 0 Å². The molecule has 0 radical (unpaired) electrons. The minimum Gasteiger partial charge on any atom is -0.324 e. The Morgan fingerprint density at radius 3 is 2.63 bits per heavy atom. The largest absolute Gasteiger partial charge is 0.324 e. The lowest BCUT2D eigenvalue weighted by Gasteiger charge is -2.14. The van der Waals surface area contributed by atoms with Gasteiger partial charge in [0, 0.05) is 16.6 Å². The number of nitrogens with two attached hydrogens (primary N) is 1. The standard InChI is InChI=1S/C15H14ClF2N/c1-9-3-2-4-12(15(9)18)14(19)7-10-5-6-11(16)8-13(10)17/h2-6,8,14H,7,19H2,1H3. The van der Waals surface area contributed by atoms with Crippen LogP contribution in [0.25, 0.3) is 0 Å². The highest BCUT2D eigenvalue weighted by Gasteiger charge is 2.15. The van der Waals surface area contributed by atoms with Crippen molar-refractivity contribution in [3.63, 3.8) is 0 Å². The van der Waals surface area contributed by atoms with Gasteiger partial charge >= 0.3 is 0 Å². The quantitative estimate of drug-likeness (QED) is 0.898. The molecule has 0 aliphatic carbocycles. The molecule has 4 heteroatoms. The third kappa shape index (κ3) is 3.11. The molecule has 100 valence electrons. The molecular formula is C15H14ClF2N. The van der Waals surface area contributed by atoms with Crippen LogP contribution in [0.15, 0.2) is 36.4 Å². The topological polar surface area (TPSA) is 26.0 Å². The number of aryl methyl sites for hydroxylation is 1. The van der Waals surface area contributed by atoms with Crippen molar-refractivity contribution in [2.45, 2.75) is 19.4 Å². The molecule has 1 nitrogen and oxygen atoms in total. The second-order valence-corrected chi connectivity index (χ2v) is 4.96. The summed E-state index contributed by atoms with van der Waals surface area (Å²) in [5.74, 6) is -0.750. The van der Waals surface area contributed by atoms with Crippen LogP contribution in [0.3, 0.4) is 0 Å². The van der Waals surface area contributed by atoms with Crippen LogP contribution in [0.1, 0.15) is 22.7 Å². The number of hydrogen-bond donors (Lipinski definition) is 1. The summed E-state index contributed by atoms with van der Waals surface area (Å²) in [7, 11) is 0. The van der Waals surface area contributed by atoms with Crippen molar-refractivity contribution in [2.75, 3.05) is 0 Å². The molecule has 0 fully saturated rings. The van der Waals surface area contributed by atoms with E-state index in [1.807, 2.05) is 0 Å². The van der Waals surface area contributed by atoms with E-state index in [1.54, 1.807) is 37.3 Å². The lowest BCUT2D eigenvalue weighted by Crippen LogP contribution is -2.16. The van der Waals surface area contributed by atoms with Gasteiger partial charge in [0.1, 0.15) is 11.6 Å². The summed E-state index contributed by atoms with van der Waals surface area (Å²) >= 11 is 5.69. The zero-order valence-electron chi connectivity index (χ0n) is 10.5. The van der Waals surface area contributed by atoms with Crippen molar-refractivity contribution >= 4 is 11.6 Å². The molecule has 0 bridgehead atoms. The van der Waals surface area contributed by atoms with E-state index in [1.165, 1.54) is 6.07 Å². The molecule has 0 aliphatic rings. The van der Waals surface area contributed by atoms with Gasteiger partial charge in [-0.25, -0.2) is 8.78 Å². The average molecular weight is 282 g/mol. The number of halogens is 3. The van der Waals surface area contributed by atoms with E-state index >= 15 is 0 Å². The molecule has 2 aromatic carbocycles. The summed E-state index contributed by atoms with van der Waals surface area (Å²) in [6.45, 7) is 1.68. The van der Waals surface area contributed by atoms with Gasteiger partial charge in [0.05, 0.1) is 0 Å². The SMILES string of the molecule is Cc1cccc(C(N)Cc2ccc(Cl)cc2F)c1F. The molecule has 0 aromatic heterocycles. The van der Waals surface area contributed by atoms with E-state index in [-0.39, 0.29) is 12.2 Å². The maximum Gasteiger partial charge on any atom is 0.130 e. The Balaban J connectivity index is 2.25. The van der Waals surface area contributed by atoms with Crippen LogP contribution in [-0.2, 0) is 6.42 Å². The fourth-order valence-electron chi connectivity index (χ4n) is 1.99. The highest BCUT2D eigenvalue weighted by molar-refractivity contribution is 6.30. The third-order valence-corrected chi connectivity index (χ3v) is 3.31. The fraction of sp³-hybridized carbons (Fsp3) is 0.200. The van der Waals surface area contributed by atoms with Gasteiger partial charge in [-0.05, 0) is 36.6 Å². The molecule has 2 rings (SSSR count). The number of benzene rings is 2. The van der Waals surface area contributed by atoms with Crippen molar-refractivity contribution < 1.29 is 8.78 Å². The second kappa shape index (κ2) is 5.68. The molecule has 0 heterocycles. The van der Waals surface area contributed by atoms with Crippen LogP contribution >= 0.6 is 11.6 Å². The Labute approximate surface area is 116 Å². The minimum absolute atomic E-state index is 0.226. The maximum absolute atomic E-state index is 13.9. The summed E-state index contributed by atoms with van der Waals surface area (Å²) in [5, 5.41) is 0.330. The van der Waals surface area contributed by atoms with Crippen LogP contribution in [0, 0.1) is 18.6 Å². The van der Waals surface area contributed by atoms with Crippen molar-refractivity contribution in [3.05, 3.63) is 69.7 Å². The van der Waals surface area contributed by atoms with Crippen LogP contribution in [0.5, 0.6) is 0 Å². The average Bonchev–Trinajstić information content (AvgIpc) is 2.36. The van der Waals surface area contributed by atoms with E-state index < -0.39 is 11.9 Å². The molecule has 0 saturated heterocycles. The van der Waals surface area contributed by atoms with Crippen molar-refractivity contribution in [1.29, 1.82) is 0 Å². The molecule has 1 atom stereocenters. The fourth-order valence-corrected chi connectivity index (χ4v) is 2.15. The predicted molar refractivity (Wildman–Crippen MR) is 73.2 cm³/mol. The van der Waals surface area contributed by atoms with Gasteiger partial charge in [0.15, 0.2) is 0 Å². The Kier molecular flexibility index (Phi) is 4.17. The molecule has 2 N–H and O–H groups in total. The van der Waals surface area contributed by atoms with Gasteiger partial charge in [0.25, 0.3) is 0 Å². The molecule has 2 aromatic rings. The third-order valence-electron chi connectivity index (χ3n) is 3.08. The summed E-state index contributed by atoms with van der Waals surface area (Å²) in [5.41, 5.74) is 7.32. The molecule has 19 heavy (non-hydrogen) atoms. The van der Waals surface area contributed by atoms with E-state index in [2.05, 4.69) is 0 Å². The van der Waals surface area contributed by atoms with Gasteiger partial charge in [-0.3, -0.25) is 0 Å². The van der Waals surface area contributed by atoms with Crippen LogP contribution in [0.4, 0.5) is 8.78 Å². The normalized spacial score (nSPS) is 12.5. The van der Waals surface area contributed by atoms with Crippen LogP contribution in [0.2, 0.25) is 5.02 Å². The maximum atomic E-state index is 13.9. The van der Waals surface area contributed by atoms with E-state index in [9.17, 15) is 8.78 Å². The predicted octanol–water partition coefficient (Wildman–Crippen LogP) is 4.17. The molecule has 0 spiro atoms. The van der Waals surface area contributed by atoms with Crippen LogP contribution < -0.4 is 5.73 Å². The van der Waals surface area contributed by atoms with E-state index in [4.69, 9.17) is 17.3 Å². The van der Waals surface area contributed by atoms with Crippen molar-refractivity contribution in [2.24, 2.45) is 5.73 Å².